The molecule has 2 atom stereocenters. The fourth-order valence-electron chi connectivity index (χ4n) is 6.41. The van der Waals surface area contributed by atoms with Gasteiger partial charge in [-0.2, -0.15) is 0 Å². The fraction of sp³-hybridized carbons (Fsp3) is 0.114. The first-order chi connectivity index (χ1) is 19.2. The number of oxazole rings is 1. The van der Waals surface area contributed by atoms with Crippen LogP contribution in [0.15, 0.2) is 131 Å². The van der Waals surface area contributed by atoms with Crippen LogP contribution in [0, 0.1) is 0 Å². The first kappa shape index (κ1) is 22.3. The normalized spacial score (nSPS) is 20.5. The Bertz CT molecular complexity index is 1970. The van der Waals surface area contributed by atoms with Gasteiger partial charge >= 0.3 is 0 Å². The highest BCUT2D eigenvalue weighted by atomic mass is 16.3. The largest absolute Gasteiger partial charge is 0.435 e. The minimum atomic E-state index is -0.117. The summed E-state index contributed by atoms with van der Waals surface area (Å²) in [5.41, 5.74) is 8.58. The molecule has 2 aliphatic rings. The summed E-state index contributed by atoms with van der Waals surface area (Å²) in [6, 6.07) is 32.2. The Morgan fingerprint density at radius 2 is 1.72 bits per heavy atom. The average molecular weight is 506 g/mol. The van der Waals surface area contributed by atoms with Gasteiger partial charge in [-0.05, 0) is 53.6 Å². The Kier molecular flexibility index (Phi) is 4.82. The van der Waals surface area contributed by atoms with Crippen molar-refractivity contribution in [3.05, 3.63) is 133 Å². The van der Waals surface area contributed by atoms with E-state index in [2.05, 4.69) is 108 Å². The fourth-order valence-corrected chi connectivity index (χ4v) is 6.41. The molecule has 0 radical (unpaired) electrons. The monoisotopic (exact) mass is 505 g/mol. The van der Waals surface area contributed by atoms with Gasteiger partial charge in [-0.1, -0.05) is 85.8 Å². The molecule has 4 aromatic carbocycles. The predicted octanol–water partition coefficient (Wildman–Crippen LogP) is 7.87. The Morgan fingerprint density at radius 3 is 2.59 bits per heavy atom. The molecule has 0 spiro atoms. The summed E-state index contributed by atoms with van der Waals surface area (Å²) in [7, 11) is 0. The molecule has 1 aliphatic carbocycles. The van der Waals surface area contributed by atoms with Gasteiger partial charge in [0.15, 0.2) is 5.58 Å². The molecule has 6 aromatic rings. The first-order valence-corrected chi connectivity index (χ1v) is 13.5. The van der Waals surface area contributed by atoms with Crippen molar-refractivity contribution < 1.29 is 4.42 Å². The summed E-state index contributed by atoms with van der Waals surface area (Å²) >= 11 is 0. The molecule has 188 valence electrons. The van der Waals surface area contributed by atoms with Crippen molar-refractivity contribution in [1.82, 2.24) is 14.9 Å². The van der Waals surface area contributed by atoms with Crippen LogP contribution in [0.5, 0.6) is 0 Å². The van der Waals surface area contributed by atoms with E-state index in [0.717, 1.165) is 50.7 Å². The lowest BCUT2D eigenvalue weighted by Crippen LogP contribution is -2.49. The maximum Gasteiger partial charge on any atom is 0.227 e. The van der Waals surface area contributed by atoms with Crippen molar-refractivity contribution >= 4 is 32.9 Å². The van der Waals surface area contributed by atoms with Crippen LogP contribution < -0.4 is 5.32 Å². The molecule has 0 fully saturated rings. The second kappa shape index (κ2) is 8.42. The minimum Gasteiger partial charge on any atom is -0.435 e. The maximum absolute atomic E-state index is 6.44. The molecule has 1 N–H and O–H groups in total. The van der Waals surface area contributed by atoms with E-state index >= 15 is 0 Å². The highest BCUT2D eigenvalue weighted by molar-refractivity contribution is 6.19. The summed E-state index contributed by atoms with van der Waals surface area (Å²) in [4.78, 5) is 4.83. The number of aromatic nitrogens is 2. The Hall–Kier alpha value is -4.67. The van der Waals surface area contributed by atoms with E-state index in [0.29, 0.717) is 5.89 Å². The van der Waals surface area contributed by atoms with E-state index in [1.807, 2.05) is 30.3 Å². The third-order valence-electron chi connectivity index (χ3n) is 8.37. The molecule has 0 saturated carbocycles. The highest BCUT2D eigenvalue weighted by Crippen LogP contribution is 2.40. The quantitative estimate of drug-likeness (QED) is 0.266. The van der Waals surface area contributed by atoms with E-state index < -0.39 is 0 Å². The van der Waals surface area contributed by atoms with Gasteiger partial charge in [-0.15, -0.1) is 0 Å². The molecule has 1 aliphatic heterocycles. The van der Waals surface area contributed by atoms with Gasteiger partial charge in [-0.3, -0.25) is 0 Å². The number of para-hydroxylation sites is 1. The van der Waals surface area contributed by atoms with Crippen LogP contribution >= 0.6 is 0 Å². The topological polar surface area (TPSA) is 43.0 Å². The lowest BCUT2D eigenvalue weighted by Gasteiger charge is -2.40. The van der Waals surface area contributed by atoms with Crippen molar-refractivity contribution in [1.29, 1.82) is 0 Å². The smallest absolute Gasteiger partial charge is 0.227 e. The van der Waals surface area contributed by atoms with Crippen molar-refractivity contribution in [2.45, 2.75) is 18.4 Å². The van der Waals surface area contributed by atoms with Gasteiger partial charge in [0.25, 0.3) is 0 Å². The summed E-state index contributed by atoms with van der Waals surface area (Å²) in [5.74, 6) is 0.646. The molecule has 2 unspecified atom stereocenters. The summed E-state index contributed by atoms with van der Waals surface area (Å²) in [5, 5.41) is 5.96. The van der Waals surface area contributed by atoms with E-state index in [1.54, 1.807) is 0 Å². The lowest BCUT2D eigenvalue weighted by molar-refractivity contribution is 0.427. The minimum absolute atomic E-state index is 0.117. The zero-order valence-electron chi connectivity index (χ0n) is 21.6. The zero-order chi connectivity index (χ0) is 26.0. The number of rotatable bonds is 3. The molecule has 0 bridgehead atoms. The van der Waals surface area contributed by atoms with E-state index in [4.69, 9.17) is 9.40 Å². The number of fused-ring (bicyclic) bond motifs is 6. The first-order valence-electron chi connectivity index (χ1n) is 13.5. The van der Waals surface area contributed by atoms with Crippen LogP contribution in [0.2, 0.25) is 0 Å². The Labute approximate surface area is 226 Å². The number of benzene rings is 4. The van der Waals surface area contributed by atoms with Crippen molar-refractivity contribution in [2.24, 2.45) is 0 Å². The van der Waals surface area contributed by atoms with E-state index in [9.17, 15) is 0 Å². The van der Waals surface area contributed by atoms with Gasteiger partial charge in [0, 0.05) is 34.6 Å². The molecule has 0 saturated heterocycles. The summed E-state index contributed by atoms with van der Waals surface area (Å²) < 4.78 is 8.77. The summed E-state index contributed by atoms with van der Waals surface area (Å²) in [6.45, 7) is 3.22. The lowest BCUT2D eigenvalue weighted by atomic mass is 9.70. The third kappa shape index (κ3) is 3.32. The van der Waals surface area contributed by atoms with Gasteiger partial charge in [0.05, 0.1) is 16.4 Å². The SMILES string of the molecule is CC1(c2ccc(-n3c4ccccc4c4c5oc(-c6ccccc6)nc5ccc43)cc2)C=CC=C2C=CCNC21. The van der Waals surface area contributed by atoms with Crippen LogP contribution in [-0.4, -0.2) is 22.1 Å². The van der Waals surface area contributed by atoms with E-state index in [-0.39, 0.29) is 11.5 Å². The second-order valence-corrected chi connectivity index (χ2v) is 10.6. The molecule has 4 nitrogen and oxygen atoms in total. The summed E-state index contributed by atoms with van der Waals surface area (Å²) in [6.07, 6.45) is 11.2. The van der Waals surface area contributed by atoms with Gasteiger partial charge in [0.1, 0.15) is 5.52 Å². The molecule has 8 rings (SSSR count). The van der Waals surface area contributed by atoms with Gasteiger partial charge < -0.3 is 14.3 Å². The Balaban J connectivity index is 1.29. The van der Waals surface area contributed by atoms with Gasteiger partial charge in [-0.25, -0.2) is 4.98 Å². The molecule has 3 heterocycles. The number of allylic oxidation sites excluding steroid dienone is 2. The number of nitrogens with one attached hydrogen (secondary N) is 1. The van der Waals surface area contributed by atoms with Crippen molar-refractivity contribution in [3.8, 4) is 17.1 Å². The van der Waals surface area contributed by atoms with Crippen molar-refractivity contribution in [2.75, 3.05) is 6.54 Å². The number of nitrogens with zero attached hydrogens (tertiary/aromatic N) is 2. The molecular formula is C35H27N3O. The van der Waals surface area contributed by atoms with Crippen LogP contribution in [0.1, 0.15) is 12.5 Å². The van der Waals surface area contributed by atoms with Crippen LogP contribution in [-0.2, 0) is 5.41 Å². The second-order valence-electron chi connectivity index (χ2n) is 10.6. The number of hydrogen-bond donors (Lipinski definition) is 1. The molecule has 4 heteroatoms. The maximum atomic E-state index is 6.44. The predicted molar refractivity (Wildman–Crippen MR) is 159 cm³/mol. The standard InChI is InChI=1S/C35H27N3O/c1-35(21-7-11-23-12-8-22-36-33(23)35)25-15-17-26(18-16-25)38-29-14-6-5-13-27(29)31-30(38)20-19-28-32(31)39-34(37-28)24-9-3-2-4-10-24/h2-21,33,36H,22H2,1H3. The van der Waals surface area contributed by atoms with Crippen molar-refractivity contribution in [3.63, 3.8) is 0 Å². The number of hydrogen-bond acceptors (Lipinski definition) is 3. The van der Waals surface area contributed by atoms with E-state index in [1.165, 1.54) is 11.1 Å². The Morgan fingerprint density at radius 1 is 0.897 bits per heavy atom. The molecule has 39 heavy (non-hydrogen) atoms. The average Bonchev–Trinajstić information content (AvgIpc) is 3.57. The molecule has 2 aromatic heterocycles. The molecular weight excluding hydrogens is 478 g/mol. The van der Waals surface area contributed by atoms with Gasteiger partial charge in [0.2, 0.25) is 5.89 Å². The highest BCUT2D eigenvalue weighted by Gasteiger charge is 2.37. The van der Waals surface area contributed by atoms with Crippen LogP contribution in [0.4, 0.5) is 0 Å². The molecule has 0 amide bonds. The third-order valence-corrected chi connectivity index (χ3v) is 8.37. The van der Waals surface area contributed by atoms with Crippen LogP contribution in [0.25, 0.3) is 50.0 Å². The van der Waals surface area contributed by atoms with Crippen LogP contribution in [0.3, 0.4) is 0 Å². The zero-order valence-corrected chi connectivity index (χ0v) is 21.6.